The van der Waals surface area contributed by atoms with Gasteiger partial charge in [-0.1, -0.05) is 36.4 Å². The summed E-state index contributed by atoms with van der Waals surface area (Å²) >= 11 is 0. The summed E-state index contributed by atoms with van der Waals surface area (Å²) in [5.74, 6) is -0.680. The highest BCUT2D eigenvalue weighted by atomic mass is 19.4. The molecule has 1 atom stereocenters. The van der Waals surface area contributed by atoms with Crippen LogP contribution in [0.25, 0.3) is 10.9 Å². The van der Waals surface area contributed by atoms with E-state index in [1.165, 1.54) is 6.07 Å². The van der Waals surface area contributed by atoms with Gasteiger partial charge in [0.2, 0.25) is 5.91 Å². The molecule has 1 amide bonds. The summed E-state index contributed by atoms with van der Waals surface area (Å²) < 4.78 is 47.5. The monoisotopic (exact) mass is 459 g/mol. The molecule has 33 heavy (non-hydrogen) atoms. The maximum Gasteiger partial charge on any atom is 0.416 e. The third-order valence-corrected chi connectivity index (χ3v) is 6.16. The van der Waals surface area contributed by atoms with Gasteiger partial charge in [-0.2, -0.15) is 13.2 Å². The van der Waals surface area contributed by atoms with E-state index in [2.05, 4.69) is 10.2 Å². The van der Waals surface area contributed by atoms with E-state index in [4.69, 9.17) is 4.74 Å². The molecule has 1 N–H and O–H groups in total. The van der Waals surface area contributed by atoms with Crippen LogP contribution in [-0.4, -0.2) is 54.8 Å². The van der Waals surface area contributed by atoms with E-state index in [0.29, 0.717) is 25.3 Å². The lowest BCUT2D eigenvalue weighted by molar-refractivity contribution is -0.137. The molecule has 1 unspecified atom stereocenters. The Kier molecular flexibility index (Phi) is 7.05. The van der Waals surface area contributed by atoms with Crippen molar-refractivity contribution in [2.75, 3.05) is 39.4 Å². The number of fused-ring (bicyclic) bond motifs is 1. The number of para-hydroxylation sites is 1. The first kappa shape index (κ1) is 23.3. The summed E-state index contributed by atoms with van der Waals surface area (Å²) in [5.41, 5.74) is 1.58. The van der Waals surface area contributed by atoms with Gasteiger partial charge in [0.25, 0.3) is 0 Å². The third-order valence-electron chi connectivity index (χ3n) is 6.16. The molecule has 8 heteroatoms. The second-order valence-electron chi connectivity index (χ2n) is 8.40. The van der Waals surface area contributed by atoms with Crippen molar-refractivity contribution >= 4 is 16.8 Å². The van der Waals surface area contributed by atoms with Crippen LogP contribution >= 0.6 is 0 Å². The Morgan fingerprint density at radius 3 is 2.64 bits per heavy atom. The van der Waals surface area contributed by atoms with E-state index in [1.54, 1.807) is 6.07 Å². The molecule has 4 rings (SSSR count). The predicted octanol–water partition coefficient (Wildman–Crippen LogP) is 4.17. The Balaban J connectivity index is 1.58. The zero-order valence-corrected chi connectivity index (χ0v) is 18.6. The third kappa shape index (κ3) is 5.57. The first-order chi connectivity index (χ1) is 15.8. The summed E-state index contributed by atoms with van der Waals surface area (Å²) in [4.78, 5) is 15.1. The highest BCUT2D eigenvalue weighted by Crippen LogP contribution is 2.37. The number of aryl methyl sites for hydroxylation is 1. The van der Waals surface area contributed by atoms with E-state index in [1.807, 2.05) is 42.1 Å². The van der Waals surface area contributed by atoms with Gasteiger partial charge in [0, 0.05) is 62.7 Å². The second-order valence-corrected chi connectivity index (χ2v) is 8.40. The van der Waals surface area contributed by atoms with E-state index >= 15 is 0 Å². The van der Waals surface area contributed by atoms with Crippen molar-refractivity contribution in [2.24, 2.45) is 7.05 Å². The van der Waals surface area contributed by atoms with Crippen LogP contribution in [0.2, 0.25) is 0 Å². The van der Waals surface area contributed by atoms with Crippen molar-refractivity contribution < 1.29 is 22.7 Å². The lowest BCUT2D eigenvalue weighted by Crippen LogP contribution is -2.41. The molecule has 1 fully saturated rings. The van der Waals surface area contributed by atoms with Gasteiger partial charge < -0.3 is 14.6 Å². The molecule has 1 aliphatic rings. The Morgan fingerprint density at radius 2 is 1.88 bits per heavy atom. The largest absolute Gasteiger partial charge is 0.416 e. The van der Waals surface area contributed by atoms with Crippen LogP contribution in [0.3, 0.4) is 0 Å². The zero-order valence-electron chi connectivity index (χ0n) is 18.6. The van der Waals surface area contributed by atoms with Crippen molar-refractivity contribution in [3.05, 3.63) is 71.4 Å². The molecule has 2 heterocycles. The van der Waals surface area contributed by atoms with Gasteiger partial charge in [-0.15, -0.1) is 0 Å². The summed E-state index contributed by atoms with van der Waals surface area (Å²) in [7, 11) is 1.90. The van der Waals surface area contributed by atoms with E-state index in [-0.39, 0.29) is 12.3 Å². The van der Waals surface area contributed by atoms with Crippen LogP contribution in [0.5, 0.6) is 0 Å². The Hall–Kier alpha value is -2.84. The fourth-order valence-electron chi connectivity index (χ4n) is 4.43. The van der Waals surface area contributed by atoms with Gasteiger partial charge in [0.15, 0.2) is 0 Å². The van der Waals surface area contributed by atoms with E-state index in [0.717, 1.165) is 48.2 Å². The van der Waals surface area contributed by atoms with Crippen molar-refractivity contribution in [1.29, 1.82) is 0 Å². The maximum atomic E-state index is 13.4. The number of ether oxygens (including phenoxy) is 1. The fraction of sp³-hybridized carbons (Fsp3) is 0.400. The minimum Gasteiger partial charge on any atom is -0.379 e. The smallest absolute Gasteiger partial charge is 0.379 e. The molecule has 2 aromatic carbocycles. The van der Waals surface area contributed by atoms with Gasteiger partial charge in [0.05, 0.1) is 18.8 Å². The SMILES string of the molecule is Cn1cc(C(CC(=O)NCCN2CCOCC2)c2cccc(C(F)(F)F)c2)c2ccccc21. The number of halogens is 3. The number of hydrogen-bond donors (Lipinski definition) is 1. The van der Waals surface area contributed by atoms with Crippen molar-refractivity contribution in [3.8, 4) is 0 Å². The number of hydrogen-bond acceptors (Lipinski definition) is 3. The summed E-state index contributed by atoms with van der Waals surface area (Å²) in [6.07, 6.45) is -2.46. The number of rotatable bonds is 7. The number of nitrogens with zero attached hydrogens (tertiary/aromatic N) is 2. The average molecular weight is 460 g/mol. The molecule has 1 aromatic heterocycles. The first-order valence-corrected chi connectivity index (χ1v) is 11.1. The average Bonchev–Trinajstić information content (AvgIpc) is 3.14. The maximum absolute atomic E-state index is 13.4. The van der Waals surface area contributed by atoms with Crippen LogP contribution in [0, 0.1) is 0 Å². The van der Waals surface area contributed by atoms with E-state index in [9.17, 15) is 18.0 Å². The predicted molar refractivity (Wildman–Crippen MR) is 121 cm³/mol. The number of morpholine rings is 1. The number of aromatic nitrogens is 1. The van der Waals surface area contributed by atoms with Crippen LogP contribution in [0.4, 0.5) is 13.2 Å². The highest BCUT2D eigenvalue weighted by Gasteiger charge is 2.32. The molecule has 0 aliphatic carbocycles. The minimum atomic E-state index is -4.44. The molecule has 5 nitrogen and oxygen atoms in total. The number of carbonyl (C=O) groups excluding carboxylic acids is 1. The topological polar surface area (TPSA) is 46.5 Å². The van der Waals surface area contributed by atoms with Gasteiger partial charge in [0.1, 0.15) is 0 Å². The molecule has 1 saturated heterocycles. The van der Waals surface area contributed by atoms with Crippen molar-refractivity contribution in [2.45, 2.75) is 18.5 Å². The first-order valence-electron chi connectivity index (χ1n) is 11.1. The molecular formula is C25H28F3N3O2. The number of alkyl halides is 3. The molecule has 0 radical (unpaired) electrons. The van der Waals surface area contributed by atoms with Gasteiger partial charge in [-0.25, -0.2) is 0 Å². The Labute approximate surface area is 191 Å². The van der Waals surface area contributed by atoms with Crippen molar-refractivity contribution in [1.82, 2.24) is 14.8 Å². The molecule has 0 bridgehead atoms. The Morgan fingerprint density at radius 1 is 1.12 bits per heavy atom. The molecule has 3 aromatic rings. The molecule has 1 aliphatic heterocycles. The van der Waals surface area contributed by atoms with Crippen LogP contribution < -0.4 is 5.32 Å². The lowest BCUT2D eigenvalue weighted by Gasteiger charge is -2.26. The van der Waals surface area contributed by atoms with Gasteiger partial charge in [-0.3, -0.25) is 9.69 Å². The van der Waals surface area contributed by atoms with Crippen LogP contribution in [-0.2, 0) is 22.8 Å². The molecular weight excluding hydrogens is 431 g/mol. The minimum absolute atomic E-state index is 0.0679. The normalized spacial score (nSPS) is 16.1. The zero-order chi connectivity index (χ0) is 23.4. The standard InChI is InChI=1S/C25H28F3N3O2/c1-30-17-22(20-7-2-3-8-23(20)30)21(18-5-4-6-19(15-18)25(26,27)28)16-24(32)29-9-10-31-11-13-33-14-12-31/h2-8,15,17,21H,9-14,16H2,1H3,(H,29,32). The van der Waals surface area contributed by atoms with E-state index < -0.39 is 17.7 Å². The number of carbonyl (C=O) groups is 1. The van der Waals surface area contributed by atoms with Crippen LogP contribution in [0.15, 0.2) is 54.7 Å². The quantitative estimate of drug-likeness (QED) is 0.577. The van der Waals surface area contributed by atoms with Gasteiger partial charge in [-0.05, 0) is 23.3 Å². The van der Waals surface area contributed by atoms with Crippen LogP contribution in [0.1, 0.15) is 29.0 Å². The second kappa shape index (κ2) is 9.97. The lowest BCUT2D eigenvalue weighted by atomic mass is 9.87. The fourth-order valence-corrected chi connectivity index (χ4v) is 4.43. The Bertz CT molecular complexity index is 1100. The summed E-state index contributed by atoms with van der Waals surface area (Å²) in [6, 6.07) is 13.0. The molecule has 176 valence electrons. The number of benzene rings is 2. The summed E-state index contributed by atoms with van der Waals surface area (Å²) in [6.45, 7) is 4.25. The molecule has 0 spiro atoms. The van der Waals surface area contributed by atoms with Gasteiger partial charge >= 0.3 is 6.18 Å². The summed E-state index contributed by atoms with van der Waals surface area (Å²) in [5, 5.41) is 3.88. The van der Waals surface area contributed by atoms with Crippen molar-refractivity contribution in [3.63, 3.8) is 0 Å². The molecule has 0 saturated carbocycles. The highest BCUT2D eigenvalue weighted by molar-refractivity contribution is 5.86. The number of nitrogens with one attached hydrogen (secondary N) is 1. The number of amides is 1.